The second-order valence-electron chi connectivity index (χ2n) is 4.62. The quantitative estimate of drug-likeness (QED) is 0.551. The van der Waals surface area contributed by atoms with Crippen molar-refractivity contribution in [3.05, 3.63) is 12.2 Å². The number of fused-ring (bicyclic) bond motifs is 2. The number of aliphatic carboxylic acids is 1. The number of hydrogen-bond donors (Lipinski definition) is 2. The number of nitrogens with one attached hydrogen (secondary N) is 1. The Morgan fingerprint density at radius 1 is 1.35 bits per heavy atom. The summed E-state index contributed by atoms with van der Waals surface area (Å²) in [5.41, 5.74) is 0. The lowest BCUT2D eigenvalue weighted by Crippen LogP contribution is -2.34. The van der Waals surface area contributed by atoms with Crippen LogP contribution in [0.25, 0.3) is 0 Å². The van der Waals surface area contributed by atoms with Crippen LogP contribution >= 0.6 is 11.8 Å². The summed E-state index contributed by atoms with van der Waals surface area (Å²) in [6.45, 7) is 0.564. The zero-order chi connectivity index (χ0) is 12.3. The van der Waals surface area contributed by atoms with Gasteiger partial charge in [-0.15, -0.1) is 11.8 Å². The normalized spacial score (nSPS) is 29.5. The van der Waals surface area contributed by atoms with Crippen LogP contribution in [0.5, 0.6) is 0 Å². The summed E-state index contributed by atoms with van der Waals surface area (Å²) in [6, 6.07) is 0. The van der Waals surface area contributed by atoms with Gasteiger partial charge in [0.2, 0.25) is 5.91 Å². The minimum Gasteiger partial charge on any atom is -0.481 e. The fourth-order valence-electron chi connectivity index (χ4n) is 2.62. The van der Waals surface area contributed by atoms with Crippen LogP contribution in [0.2, 0.25) is 0 Å². The molecule has 0 aromatic rings. The number of rotatable bonds is 6. The van der Waals surface area contributed by atoms with E-state index < -0.39 is 5.97 Å². The molecule has 2 rings (SSSR count). The molecular formula is C12H17NO3S. The fourth-order valence-corrected chi connectivity index (χ4v) is 3.18. The molecule has 2 aliphatic rings. The Balaban J connectivity index is 1.62. The van der Waals surface area contributed by atoms with Crippen LogP contribution in [0, 0.1) is 17.8 Å². The molecule has 0 aliphatic heterocycles. The third-order valence-corrected chi connectivity index (χ3v) is 4.33. The van der Waals surface area contributed by atoms with Gasteiger partial charge in [-0.25, -0.2) is 0 Å². The van der Waals surface area contributed by atoms with E-state index in [1.807, 2.05) is 0 Å². The van der Waals surface area contributed by atoms with Crippen LogP contribution in [-0.2, 0) is 9.59 Å². The molecule has 0 aromatic heterocycles. The van der Waals surface area contributed by atoms with E-state index in [9.17, 15) is 9.59 Å². The second-order valence-corrected chi connectivity index (χ2v) is 5.73. The molecule has 3 unspecified atom stereocenters. The molecule has 1 saturated carbocycles. The van der Waals surface area contributed by atoms with Crippen LogP contribution < -0.4 is 5.32 Å². The van der Waals surface area contributed by atoms with Gasteiger partial charge in [-0.05, 0) is 24.7 Å². The van der Waals surface area contributed by atoms with Gasteiger partial charge in [-0.2, -0.15) is 0 Å². The number of hydrogen-bond acceptors (Lipinski definition) is 3. The second kappa shape index (κ2) is 5.58. The highest BCUT2D eigenvalue weighted by Crippen LogP contribution is 2.43. The van der Waals surface area contributed by atoms with E-state index in [4.69, 9.17) is 5.11 Å². The van der Waals surface area contributed by atoms with Crippen molar-refractivity contribution < 1.29 is 14.7 Å². The van der Waals surface area contributed by atoms with Gasteiger partial charge < -0.3 is 10.4 Å². The van der Waals surface area contributed by atoms with Crippen molar-refractivity contribution in [2.24, 2.45) is 17.8 Å². The standard InChI is InChI=1S/C12H17NO3S/c14-11(15)7-17-4-3-13-12(16)10-6-8-1-2-9(10)5-8/h1-2,8-10H,3-7H2,(H,13,16)(H,14,15). The topological polar surface area (TPSA) is 66.4 Å². The zero-order valence-electron chi connectivity index (χ0n) is 9.59. The summed E-state index contributed by atoms with van der Waals surface area (Å²) in [5, 5.41) is 11.3. The Hall–Kier alpha value is -0.970. The molecule has 0 spiro atoms. The molecule has 5 heteroatoms. The third kappa shape index (κ3) is 3.25. The fraction of sp³-hybridized carbons (Fsp3) is 0.667. The van der Waals surface area contributed by atoms with Gasteiger partial charge in [0.1, 0.15) is 0 Å². The summed E-state index contributed by atoms with van der Waals surface area (Å²) in [6.07, 6.45) is 6.50. The van der Waals surface area contributed by atoms with Crippen LogP contribution in [0.4, 0.5) is 0 Å². The minimum absolute atomic E-state index is 0.104. The van der Waals surface area contributed by atoms with Crippen molar-refractivity contribution in [1.82, 2.24) is 5.32 Å². The number of carbonyl (C=O) groups excluding carboxylic acids is 1. The maximum absolute atomic E-state index is 11.9. The molecule has 1 fully saturated rings. The molecule has 94 valence electrons. The van der Waals surface area contributed by atoms with E-state index in [1.165, 1.54) is 11.8 Å². The van der Waals surface area contributed by atoms with Gasteiger partial charge in [-0.1, -0.05) is 12.2 Å². The Labute approximate surface area is 105 Å². The molecule has 0 radical (unpaired) electrons. The highest BCUT2D eigenvalue weighted by atomic mass is 32.2. The van der Waals surface area contributed by atoms with Gasteiger partial charge in [-0.3, -0.25) is 9.59 Å². The van der Waals surface area contributed by atoms with Gasteiger partial charge in [0.25, 0.3) is 0 Å². The van der Waals surface area contributed by atoms with Gasteiger partial charge in [0.05, 0.1) is 5.75 Å². The number of amides is 1. The maximum atomic E-state index is 11.9. The van der Waals surface area contributed by atoms with Crippen molar-refractivity contribution in [2.75, 3.05) is 18.1 Å². The molecule has 4 nitrogen and oxygen atoms in total. The van der Waals surface area contributed by atoms with Gasteiger partial charge in [0, 0.05) is 18.2 Å². The average molecular weight is 255 g/mol. The molecule has 0 heterocycles. The lowest BCUT2D eigenvalue weighted by atomic mass is 9.93. The number of carboxylic acids is 1. The van der Waals surface area contributed by atoms with E-state index in [0.717, 1.165) is 12.8 Å². The van der Waals surface area contributed by atoms with Gasteiger partial charge in [0.15, 0.2) is 0 Å². The monoisotopic (exact) mass is 255 g/mol. The van der Waals surface area contributed by atoms with Crippen molar-refractivity contribution in [3.63, 3.8) is 0 Å². The van der Waals surface area contributed by atoms with E-state index in [-0.39, 0.29) is 17.6 Å². The third-order valence-electron chi connectivity index (χ3n) is 3.39. The summed E-state index contributed by atoms with van der Waals surface area (Å²) in [4.78, 5) is 22.1. The molecular weight excluding hydrogens is 238 g/mol. The molecule has 0 aromatic carbocycles. The molecule has 3 atom stereocenters. The van der Waals surface area contributed by atoms with Crippen molar-refractivity contribution in [3.8, 4) is 0 Å². The smallest absolute Gasteiger partial charge is 0.313 e. The first-order valence-corrected chi connectivity index (χ1v) is 7.08. The van der Waals surface area contributed by atoms with Crippen LogP contribution in [-0.4, -0.2) is 35.0 Å². The molecule has 0 saturated heterocycles. The Morgan fingerprint density at radius 2 is 2.18 bits per heavy atom. The largest absolute Gasteiger partial charge is 0.481 e. The van der Waals surface area contributed by atoms with Crippen molar-refractivity contribution in [2.45, 2.75) is 12.8 Å². The molecule has 1 amide bonds. The molecule has 2 N–H and O–H groups in total. The molecule has 2 aliphatic carbocycles. The van der Waals surface area contributed by atoms with Crippen LogP contribution in [0.1, 0.15) is 12.8 Å². The Bertz CT molecular complexity index is 343. The maximum Gasteiger partial charge on any atom is 0.313 e. The predicted octanol–water partition coefficient (Wildman–Crippen LogP) is 1.13. The lowest BCUT2D eigenvalue weighted by Gasteiger charge is -2.17. The first kappa shape index (κ1) is 12.5. The Morgan fingerprint density at radius 3 is 2.76 bits per heavy atom. The predicted molar refractivity (Wildman–Crippen MR) is 66.8 cm³/mol. The zero-order valence-corrected chi connectivity index (χ0v) is 10.4. The highest BCUT2D eigenvalue weighted by Gasteiger charge is 2.39. The summed E-state index contributed by atoms with van der Waals surface area (Å²) < 4.78 is 0. The van der Waals surface area contributed by atoms with Crippen LogP contribution in [0.3, 0.4) is 0 Å². The van der Waals surface area contributed by atoms with E-state index >= 15 is 0 Å². The average Bonchev–Trinajstić information content (AvgIpc) is 2.89. The number of carbonyl (C=O) groups is 2. The first-order valence-electron chi connectivity index (χ1n) is 5.92. The van der Waals surface area contributed by atoms with Gasteiger partial charge >= 0.3 is 5.97 Å². The number of carboxylic acid groups (broad SMARTS) is 1. The molecule has 2 bridgehead atoms. The summed E-state index contributed by atoms with van der Waals surface area (Å²) in [5.74, 6) is 1.29. The first-order chi connectivity index (χ1) is 8.16. The lowest BCUT2D eigenvalue weighted by molar-refractivity contribution is -0.134. The summed E-state index contributed by atoms with van der Waals surface area (Å²) in [7, 11) is 0. The SMILES string of the molecule is O=C(O)CSCCNC(=O)C1CC2C=CC1C2. The highest BCUT2D eigenvalue weighted by molar-refractivity contribution is 7.99. The Kier molecular flexibility index (Phi) is 4.10. The number of thioether (sulfide) groups is 1. The van der Waals surface area contributed by atoms with Crippen molar-refractivity contribution in [1.29, 1.82) is 0 Å². The minimum atomic E-state index is -0.806. The van der Waals surface area contributed by atoms with E-state index in [1.54, 1.807) is 0 Å². The van der Waals surface area contributed by atoms with E-state index in [0.29, 0.717) is 24.1 Å². The van der Waals surface area contributed by atoms with Crippen molar-refractivity contribution >= 4 is 23.6 Å². The number of allylic oxidation sites excluding steroid dienone is 2. The summed E-state index contributed by atoms with van der Waals surface area (Å²) >= 11 is 1.33. The van der Waals surface area contributed by atoms with E-state index in [2.05, 4.69) is 17.5 Å². The van der Waals surface area contributed by atoms with Crippen LogP contribution in [0.15, 0.2) is 12.2 Å². The molecule has 17 heavy (non-hydrogen) atoms.